The van der Waals surface area contributed by atoms with E-state index < -0.39 is 0 Å². The van der Waals surface area contributed by atoms with Crippen LogP contribution in [0, 0.1) is 23.7 Å². The second-order valence-electron chi connectivity index (χ2n) is 4.98. The Morgan fingerprint density at radius 2 is 2.19 bits per heavy atom. The lowest BCUT2D eigenvalue weighted by Crippen LogP contribution is -2.23. The van der Waals surface area contributed by atoms with Gasteiger partial charge in [-0.25, -0.2) is 9.97 Å². The maximum Gasteiger partial charge on any atom is 0.226 e. The molecule has 4 heteroatoms. The second-order valence-corrected chi connectivity index (χ2v) is 4.98. The number of hydrogen-bond donors (Lipinski definition) is 0. The zero-order valence-electron chi connectivity index (χ0n) is 9.40. The van der Waals surface area contributed by atoms with E-state index in [1.54, 1.807) is 6.07 Å². The minimum Gasteiger partial charge on any atom is -0.340 e. The van der Waals surface area contributed by atoms with E-state index in [1.807, 2.05) is 6.92 Å². The Morgan fingerprint density at radius 1 is 1.38 bits per heavy atom. The van der Waals surface area contributed by atoms with E-state index in [-0.39, 0.29) is 0 Å². The van der Waals surface area contributed by atoms with Gasteiger partial charge in [-0.05, 0) is 37.7 Å². The number of rotatable bonds is 1. The van der Waals surface area contributed by atoms with Gasteiger partial charge in [-0.15, -0.1) is 0 Å². The first kappa shape index (κ1) is 9.59. The number of nitriles is 1. The van der Waals surface area contributed by atoms with Gasteiger partial charge in [-0.3, -0.25) is 0 Å². The van der Waals surface area contributed by atoms with Gasteiger partial charge >= 0.3 is 0 Å². The van der Waals surface area contributed by atoms with Gasteiger partial charge in [0.05, 0.1) is 0 Å². The summed E-state index contributed by atoms with van der Waals surface area (Å²) in [6.45, 7) is 4.02. The topological polar surface area (TPSA) is 52.8 Å². The van der Waals surface area contributed by atoms with E-state index in [9.17, 15) is 0 Å². The van der Waals surface area contributed by atoms with Crippen LogP contribution in [0.25, 0.3) is 0 Å². The van der Waals surface area contributed by atoms with E-state index in [4.69, 9.17) is 5.26 Å². The summed E-state index contributed by atoms with van der Waals surface area (Å²) in [4.78, 5) is 10.9. The molecule has 2 aliphatic rings. The summed E-state index contributed by atoms with van der Waals surface area (Å²) in [6, 6.07) is 3.82. The molecule has 1 aromatic rings. The maximum atomic E-state index is 8.89. The largest absolute Gasteiger partial charge is 0.340 e. The molecule has 0 aromatic carbocycles. The molecule has 0 N–H and O–H groups in total. The Bertz CT molecular complexity index is 470. The molecule has 0 radical (unpaired) electrons. The first-order chi connectivity index (χ1) is 7.71. The molecule has 3 rings (SSSR count). The van der Waals surface area contributed by atoms with Crippen LogP contribution >= 0.6 is 0 Å². The summed E-state index contributed by atoms with van der Waals surface area (Å²) in [6.07, 6.45) is 3.95. The number of anilines is 1. The van der Waals surface area contributed by atoms with Gasteiger partial charge < -0.3 is 4.90 Å². The molecule has 1 aliphatic heterocycles. The van der Waals surface area contributed by atoms with Crippen molar-refractivity contribution in [3.8, 4) is 6.07 Å². The van der Waals surface area contributed by atoms with E-state index >= 15 is 0 Å². The average Bonchev–Trinajstić information content (AvgIpc) is 2.88. The monoisotopic (exact) mass is 214 g/mol. The quantitative estimate of drug-likeness (QED) is 0.713. The fraction of sp³-hybridized carbons (Fsp3) is 0.583. The Labute approximate surface area is 94.9 Å². The van der Waals surface area contributed by atoms with Crippen LogP contribution in [0.5, 0.6) is 0 Å². The fourth-order valence-corrected chi connectivity index (χ4v) is 2.44. The lowest BCUT2D eigenvalue weighted by molar-refractivity contribution is 0.580. The van der Waals surface area contributed by atoms with Crippen molar-refractivity contribution in [2.45, 2.75) is 26.2 Å². The lowest BCUT2D eigenvalue weighted by Gasteiger charge is -2.16. The van der Waals surface area contributed by atoms with Crippen LogP contribution in [0.4, 0.5) is 5.95 Å². The molecule has 1 spiro atoms. The number of nitrogens with zero attached hydrogens (tertiary/aromatic N) is 4. The summed E-state index contributed by atoms with van der Waals surface area (Å²) in [5.41, 5.74) is 1.91. The molecule has 1 saturated carbocycles. The molecule has 1 aliphatic carbocycles. The highest BCUT2D eigenvalue weighted by Gasteiger charge is 2.48. The maximum absolute atomic E-state index is 8.89. The van der Waals surface area contributed by atoms with Crippen molar-refractivity contribution in [2.75, 3.05) is 18.0 Å². The standard InChI is InChI=1S/C12H14N4/c1-9-6-10(7-13)15-11(14-9)16-5-4-12(8-16)2-3-12/h6H,2-5,8H2,1H3. The van der Waals surface area contributed by atoms with Crippen molar-refractivity contribution in [3.05, 3.63) is 17.5 Å². The van der Waals surface area contributed by atoms with Crippen molar-refractivity contribution >= 4 is 5.95 Å². The van der Waals surface area contributed by atoms with Gasteiger partial charge in [0.1, 0.15) is 11.8 Å². The van der Waals surface area contributed by atoms with Gasteiger partial charge in [0.25, 0.3) is 0 Å². The molecule has 16 heavy (non-hydrogen) atoms. The van der Waals surface area contributed by atoms with Crippen LogP contribution in [-0.2, 0) is 0 Å². The van der Waals surface area contributed by atoms with Crippen molar-refractivity contribution in [1.29, 1.82) is 5.26 Å². The summed E-state index contributed by atoms with van der Waals surface area (Å²) in [5.74, 6) is 0.736. The number of aryl methyl sites for hydroxylation is 1. The van der Waals surface area contributed by atoms with E-state index in [1.165, 1.54) is 19.3 Å². The molecular weight excluding hydrogens is 200 g/mol. The van der Waals surface area contributed by atoms with Crippen LogP contribution in [0.15, 0.2) is 6.07 Å². The van der Waals surface area contributed by atoms with Crippen LogP contribution < -0.4 is 4.90 Å². The second kappa shape index (κ2) is 3.18. The van der Waals surface area contributed by atoms with Gasteiger partial charge in [0, 0.05) is 18.8 Å². The first-order valence-corrected chi connectivity index (χ1v) is 5.72. The molecule has 0 unspecified atom stereocenters. The summed E-state index contributed by atoms with van der Waals surface area (Å²) >= 11 is 0. The highest BCUT2D eigenvalue weighted by molar-refractivity contribution is 5.38. The fourth-order valence-electron chi connectivity index (χ4n) is 2.44. The Kier molecular flexibility index (Phi) is 1.90. The molecule has 0 amide bonds. The highest BCUT2D eigenvalue weighted by Crippen LogP contribution is 2.52. The minimum atomic E-state index is 0.472. The van der Waals surface area contributed by atoms with Crippen molar-refractivity contribution in [3.63, 3.8) is 0 Å². The Morgan fingerprint density at radius 3 is 2.81 bits per heavy atom. The summed E-state index contributed by atoms with van der Waals surface area (Å²) in [7, 11) is 0. The lowest BCUT2D eigenvalue weighted by atomic mass is 10.1. The van der Waals surface area contributed by atoms with Crippen molar-refractivity contribution in [1.82, 2.24) is 9.97 Å². The molecule has 0 atom stereocenters. The van der Waals surface area contributed by atoms with Gasteiger partial charge in [-0.2, -0.15) is 5.26 Å². The van der Waals surface area contributed by atoms with E-state index in [0.717, 1.165) is 24.7 Å². The third kappa shape index (κ3) is 1.53. The minimum absolute atomic E-state index is 0.472. The Hall–Kier alpha value is -1.63. The molecule has 2 heterocycles. The van der Waals surface area contributed by atoms with E-state index in [2.05, 4.69) is 20.9 Å². The van der Waals surface area contributed by atoms with Crippen LogP contribution in [-0.4, -0.2) is 23.1 Å². The molecule has 0 bridgehead atoms. The summed E-state index contributed by atoms with van der Waals surface area (Å²) < 4.78 is 0. The molecule has 1 aromatic heterocycles. The van der Waals surface area contributed by atoms with Crippen molar-refractivity contribution < 1.29 is 0 Å². The highest BCUT2D eigenvalue weighted by atomic mass is 15.3. The Balaban J connectivity index is 1.89. The predicted octanol–water partition coefficient (Wildman–Crippen LogP) is 1.65. The van der Waals surface area contributed by atoms with Crippen LogP contribution in [0.3, 0.4) is 0 Å². The third-order valence-corrected chi connectivity index (χ3v) is 3.64. The first-order valence-electron chi connectivity index (χ1n) is 5.72. The average molecular weight is 214 g/mol. The zero-order valence-corrected chi connectivity index (χ0v) is 9.40. The normalized spacial score (nSPS) is 21.1. The third-order valence-electron chi connectivity index (χ3n) is 3.64. The summed E-state index contributed by atoms with van der Waals surface area (Å²) in [5, 5.41) is 8.89. The molecule has 82 valence electrons. The molecule has 4 nitrogen and oxygen atoms in total. The molecule has 2 fully saturated rings. The number of aromatic nitrogens is 2. The molecular formula is C12H14N4. The van der Waals surface area contributed by atoms with Crippen LogP contribution in [0.2, 0.25) is 0 Å². The predicted molar refractivity (Wildman–Crippen MR) is 60.0 cm³/mol. The van der Waals surface area contributed by atoms with Gasteiger partial charge in [0.2, 0.25) is 5.95 Å². The van der Waals surface area contributed by atoms with Crippen LogP contribution in [0.1, 0.15) is 30.7 Å². The van der Waals surface area contributed by atoms with E-state index in [0.29, 0.717) is 11.1 Å². The van der Waals surface area contributed by atoms with Gasteiger partial charge in [-0.1, -0.05) is 0 Å². The number of hydrogen-bond acceptors (Lipinski definition) is 4. The zero-order chi connectivity index (χ0) is 11.2. The smallest absolute Gasteiger partial charge is 0.226 e. The SMILES string of the molecule is Cc1cc(C#N)nc(N2CCC3(CC3)C2)n1. The van der Waals surface area contributed by atoms with Gasteiger partial charge in [0.15, 0.2) is 0 Å². The van der Waals surface area contributed by atoms with Crippen molar-refractivity contribution in [2.24, 2.45) is 5.41 Å². The molecule has 1 saturated heterocycles.